The number of nitrogens with zero attached hydrogens (tertiary/aromatic N) is 4. The predicted molar refractivity (Wildman–Crippen MR) is 46.9 cm³/mol. The van der Waals surface area contributed by atoms with Crippen molar-refractivity contribution < 1.29 is 0 Å². The van der Waals surface area contributed by atoms with Crippen LogP contribution in [0.1, 0.15) is 19.5 Å². The van der Waals surface area contributed by atoms with Crippen LogP contribution in [-0.2, 0) is 0 Å². The summed E-state index contributed by atoms with van der Waals surface area (Å²) in [5.74, 6) is 0. The maximum atomic E-state index is 4.08. The molecule has 0 atom stereocenters. The van der Waals surface area contributed by atoms with Gasteiger partial charge in [0.05, 0.1) is 11.9 Å². The molecule has 12 heavy (non-hydrogen) atoms. The largest absolute Gasteiger partial charge is 0.241 e. The summed E-state index contributed by atoms with van der Waals surface area (Å²) in [6.45, 7) is 5.93. The lowest BCUT2D eigenvalue weighted by Crippen LogP contribution is -1.92. The van der Waals surface area contributed by atoms with Gasteiger partial charge in [-0.3, -0.25) is 0 Å². The normalized spacial score (nSPS) is 9.25. The van der Waals surface area contributed by atoms with Gasteiger partial charge in [0.15, 0.2) is 0 Å². The molecule has 2 aromatic heterocycles. The van der Waals surface area contributed by atoms with Crippen LogP contribution in [0.4, 0.5) is 0 Å². The van der Waals surface area contributed by atoms with Crippen molar-refractivity contribution in [1.82, 2.24) is 19.8 Å². The third kappa shape index (κ3) is 1.58. The molecule has 4 nitrogen and oxygen atoms in total. The minimum absolute atomic E-state index is 0.931. The first-order chi connectivity index (χ1) is 5.86. The molecule has 0 aliphatic carbocycles. The molecule has 0 aromatic carbocycles. The molecule has 2 aromatic rings. The van der Waals surface area contributed by atoms with Crippen LogP contribution >= 0.6 is 0 Å². The molecule has 0 saturated heterocycles. The van der Waals surface area contributed by atoms with Crippen molar-refractivity contribution in [2.24, 2.45) is 0 Å². The van der Waals surface area contributed by atoms with Crippen molar-refractivity contribution >= 4 is 5.52 Å². The fourth-order valence-electron chi connectivity index (χ4n) is 0.878. The summed E-state index contributed by atoms with van der Waals surface area (Å²) < 4.78 is 1.56. The van der Waals surface area contributed by atoms with Crippen LogP contribution in [0.15, 0.2) is 18.6 Å². The molecule has 0 aliphatic rings. The summed E-state index contributed by atoms with van der Waals surface area (Å²) in [5.41, 5.74) is 1.89. The van der Waals surface area contributed by atoms with Gasteiger partial charge >= 0.3 is 0 Å². The Labute approximate surface area is 71.2 Å². The molecule has 2 rings (SSSR count). The minimum atomic E-state index is 0.931. The summed E-state index contributed by atoms with van der Waals surface area (Å²) >= 11 is 0. The maximum Gasteiger partial charge on any atom is 0.138 e. The van der Waals surface area contributed by atoms with Crippen LogP contribution in [0.2, 0.25) is 0 Å². The van der Waals surface area contributed by atoms with E-state index in [0.29, 0.717) is 0 Å². The molecule has 0 aliphatic heterocycles. The first kappa shape index (κ1) is 8.64. The highest BCUT2D eigenvalue weighted by Crippen LogP contribution is 1.99. The van der Waals surface area contributed by atoms with E-state index in [1.54, 1.807) is 10.8 Å². The first-order valence-corrected chi connectivity index (χ1v) is 3.99. The SMILES string of the molecule is CC.Cc1cc2cncnn2n1. The van der Waals surface area contributed by atoms with Crippen LogP contribution in [0.3, 0.4) is 0 Å². The minimum Gasteiger partial charge on any atom is -0.241 e. The second-order valence-corrected chi connectivity index (χ2v) is 2.11. The predicted octanol–water partition coefficient (Wildman–Crippen LogP) is 1.46. The Bertz CT molecular complexity index is 320. The van der Waals surface area contributed by atoms with Gasteiger partial charge in [0.1, 0.15) is 11.8 Å². The molecule has 0 spiro atoms. The molecule has 0 amide bonds. The van der Waals surface area contributed by atoms with Crippen molar-refractivity contribution in [3.05, 3.63) is 24.3 Å². The third-order valence-corrected chi connectivity index (χ3v) is 1.27. The van der Waals surface area contributed by atoms with Gasteiger partial charge in [-0.1, -0.05) is 13.8 Å². The lowest BCUT2D eigenvalue weighted by Gasteiger charge is -1.84. The summed E-state index contributed by atoms with van der Waals surface area (Å²) in [4.78, 5) is 3.85. The van der Waals surface area contributed by atoms with Crippen LogP contribution < -0.4 is 0 Å². The number of fused-ring (bicyclic) bond motifs is 1. The van der Waals surface area contributed by atoms with Gasteiger partial charge in [0, 0.05) is 0 Å². The highest BCUT2D eigenvalue weighted by Gasteiger charge is 1.94. The zero-order valence-corrected chi connectivity index (χ0v) is 7.52. The second kappa shape index (κ2) is 3.80. The quantitative estimate of drug-likeness (QED) is 0.592. The van der Waals surface area contributed by atoms with Gasteiger partial charge in [-0.2, -0.15) is 5.10 Å². The Morgan fingerprint density at radius 1 is 1.33 bits per heavy atom. The number of aryl methyl sites for hydroxylation is 1. The average Bonchev–Trinajstić information content (AvgIpc) is 2.48. The molecule has 0 unspecified atom stereocenters. The molecule has 0 radical (unpaired) electrons. The zero-order valence-electron chi connectivity index (χ0n) is 7.52. The Morgan fingerprint density at radius 2 is 2.08 bits per heavy atom. The van der Waals surface area contributed by atoms with Gasteiger partial charge in [-0.05, 0) is 13.0 Å². The highest BCUT2D eigenvalue weighted by atomic mass is 15.4. The number of hydrogen-bond donors (Lipinski definition) is 0. The van der Waals surface area contributed by atoms with E-state index in [4.69, 9.17) is 0 Å². The molecule has 0 bridgehead atoms. The van der Waals surface area contributed by atoms with E-state index < -0.39 is 0 Å². The molecular formula is C8H12N4. The van der Waals surface area contributed by atoms with Crippen molar-refractivity contribution in [3.63, 3.8) is 0 Å². The topological polar surface area (TPSA) is 43.1 Å². The Balaban J connectivity index is 0.000000336. The van der Waals surface area contributed by atoms with Gasteiger partial charge in [-0.25, -0.2) is 4.98 Å². The number of aromatic nitrogens is 4. The fourth-order valence-corrected chi connectivity index (χ4v) is 0.878. The summed E-state index contributed by atoms with van der Waals surface area (Å²) in [6.07, 6.45) is 3.20. The lowest BCUT2D eigenvalue weighted by atomic mass is 10.4. The Morgan fingerprint density at radius 3 is 2.75 bits per heavy atom. The Hall–Kier alpha value is -1.45. The van der Waals surface area contributed by atoms with Crippen LogP contribution in [-0.4, -0.2) is 19.8 Å². The van der Waals surface area contributed by atoms with Gasteiger partial charge < -0.3 is 0 Å². The van der Waals surface area contributed by atoms with E-state index in [-0.39, 0.29) is 0 Å². The zero-order chi connectivity index (χ0) is 8.97. The van der Waals surface area contributed by atoms with E-state index in [1.165, 1.54) is 6.33 Å². The van der Waals surface area contributed by atoms with E-state index in [1.807, 2.05) is 26.8 Å². The summed E-state index contributed by atoms with van der Waals surface area (Å²) in [6, 6.07) is 1.93. The molecule has 2 heterocycles. The first-order valence-electron chi connectivity index (χ1n) is 3.99. The Kier molecular flexibility index (Phi) is 2.74. The van der Waals surface area contributed by atoms with E-state index >= 15 is 0 Å². The highest BCUT2D eigenvalue weighted by molar-refractivity contribution is 5.42. The van der Waals surface area contributed by atoms with E-state index in [9.17, 15) is 0 Å². The number of rotatable bonds is 0. The average molecular weight is 164 g/mol. The monoisotopic (exact) mass is 164 g/mol. The van der Waals surface area contributed by atoms with Gasteiger partial charge in [-0.15, -0.1) is 9.73 Å². The van der Waals surface area contributed by atoms with Crippen molar-refractivity contribution in [2.75, 3.05) is 0 Å². The standard InChI is InChI=1S/C6H6N4.C2H6/c1-5-2-6-3-7-4-8-10(6)9-5;1-2/h2-4H,1H3;1-2H3. The van der Waals surface area contributed by atoms with Crippen LogP contribution in [0, 0.1) is 6.92 Å². The van der Waals surface area contributed by atoms with Crippen molar-refractivity contribution in [1.29, 1.82) is 0 Å². The fraction of sp³-hybridized carbons (Fsp3) is 0.375. The summed E-state index contributed by atoms with van der Waals surface area (Å²) in [5, 5.41) is 7.98. The number of hydrogen-bond acceptors (Lipinski definition) is 3. The maximum absolute atomic E-state index is 4.08. The molecule has 64 valence electrons. The molecule has 4 heteroatoms. The molecule has 0 fully saturated rings. The van der Waals surface area contributed by atoms with Crippen molar-refractivity contribution in [2.45, 2.75) is 20.8 Å². The van der Waals surface area contributed by atoms with Crippen LogP contribution in [0.25, 0.3) is 5.52 Å². The van der Waals surface area contributed by atoms with Gasteiger partial charge in [0.2, 0.25) is 0 Å². The molecular weight excluding hydrogens is 152 g/mol. The van der Waals surface area contributed by atoms with E-state index in [0.717, 1.165) is 11.2 Å². The summed E-state index contributed by atoms with van der Waals surface area (Å²) in [7, 11) is 0. The third-order valence-electron chi connectivity index (χ3n) is 1.27. The van der Waals surface area contributed by atoms with Crippen molar-refractivity contribution in [3.8, 4) is 0 Å². The van der Waals surface area contributed by atoms with E-state index in [2.05, 4.69) is 15.2 Å². The smallest absolute Gasteiger partial charge is 0.138 e. The lowest BCUT2D eigenvalue weighted by molar-refractivity contribution is 0.770. The van der Waals surface area contributed by atoms with Gasteiger partial charge in [0.25, 0.3) is 0 Å². The molecule has 0 N–H and O–H groups in total. The molecule has 0 saturated carbocycles. The van der Waals surface area contributed by atoms with Crippen LogP contribution in [0.5, 0.6) is 0 Å². The second-order valence-electron chi connectivity index (χ2n) is 2.11.